The smallest absolute Gasteiger partial charge is 0.442 e. The van der Waals surface area contributed by atoms with Gasteiger partial charge in [-0.25, -0.2) is 9.36 Å². The van der Waals surface area contributed by atoms with Crippen molar-refractivity contribution in [2.24, 2.45) is 5.92 Å². The molecule has 0 radical (unpaired) electrons. The number of amides is 1. The molecular formula is C19H23N3O7. The van der Waals surface area contributed by atoms with Gasteiger partial charge in [-0.2, -0.15) is 0 Å². The molecule has 1 saturated heterocycles. The molecule has 1 amide bonds. The molecule has 3 rings (SSSR count). The average Bonchev–Trinajstić information content (AvgIpc) is 3.12. The summed E-state index contributed by atoms with van der Waals surface area (Å²) in [7, 11) is 4.37. The van der Waals surface area contributed by atoms with Gasteiger partial charge in [0.15, 0.2) is 17.3 Å². The fraction of sp³-hybridized carbons (Fsp3) is 0.474. The highest BCUT2D eigenvalue weighted by atomic mass is 16.5. The number of methoxy groups -OCH3 is 3. The summed E-state index contributed by atoms with van der Waals surface area (Å²) in [5, 5.41) is 3.81. The number of aromatic nitrogens is 2. The van der Waals surface area contributed by atoms with Crippen LogP contribution in [-0.2, 0) is 20.9 Å². The first-order valence-corrected chi connectivity index (χ1v) is 9.13. The van der Waals surface area contributed by atoms with Crippen LogP contribution in [0.25, 0.3) is 11.4 Å². The van der Waals surface area contributed by atoms with Crippen molar-refractivity contribution in [1.82, 2.24) is 14.6 Å². The Morgan fingerprint density at radius 3 is 2.45 bits per heavy atom. The van der Waals surface area contributed by atoms with Crippen molar-refractivity contribution in [2.75, 3.05) is 34.4 Å². The first-order valence-electron chi connectivity index (χ1n) is 9.13. The zero-order valence-electron chi connectivity index (χ0n) is 16.5. The van der Waals surface area contributed by atoms with Crippen molar-refractivity contribution in [3.8, 4) is 22.9 Å². The zero-order chi connectivity index (χ0) is 21.0. The van der Waals surface area contributed by atoms with Crippen molar-refractivity contribution in [3.05, 3.63) is 28.7 Å². The minimum absolute atomic E-state index is 0.204. The summed E-state index contributed by atoms with van der Waals surface area (Å²) in [6.45, 7) is 0.629. The van der Waals surface area contributed by atoms with E-state index in [1.807, 2.05) is 0 Å². The normalized spacial score (nSPS) is 14.5. The number of nitrogens with zero attached hydrogens (tertiary/aromatic N) is 3. The van der Waals surface area contributed by atoms with E-state index in [4.69, 9.17) is 18.7 Å². The molecule has 0 saturated carbocycles. The SMILES string of the molecule is COC(=O)C1CCN(C(=O)Cn2c(-c3ccc(OC)c(OC)c3)noc2=O)CC1. The third kappa shape index (κ3) is 4.25. The molecule has 29 heavy (non-hydrogen) atoms. The number of piperidine rings is 1. The maximum Gasteiger partial charge on any atom is 0.442 e. The Morgan fingerprint density at radius 1 is 1.14 bits per heavy atom. The molecule has 1 aliphatic heterocycles. The third-order valence-electron chi connectivity index (χ3n) is 5.00. The Morgan fingerprint density at radius 2 is 1.83 bits per heavy atom. The van der Waals surface area contributed by atoms with Gasteiger partial charge in [0.1, 0.15) is 6.54 Å². The summed E-state index contributed by atoms with van der Waals surface area (Å²) < 4.78 is 21.2. The molecular weight excluding hydrogens is 382 g/mol. The number of likely N-dealkylation sites (tertiary alicyclic amines) is 1. The number of benzene rings is 1. The zero-order valence-corrected chi connectivity index (χ0v) is 16.5. The van der Waals surface area contributed by atoms with Crippen molar-refractivity contribution >= 4 is 11.9 Å². The van der Waals surface area contributed by atoms with E-state index in [-0.39, 0.29) is 30.2 Å². The van der Waals surface area contributed by atoms with Gasteiger partial charge in [-0.3, -0.25) is 14.1 Å². The molecule has 1 fully saturated rings. The summed E-state index contributed by atoms with van der Waals surface area (Å²) in [6.07, 6.45) is 1.05. The van der Waals surface area contributed by atoms with Gasteiger partial charge in [-0.15, -0.1) is 0 Å². The van der Waals surface area contributed by atoms with E-state index < -0.39 is 5.76 Å². The summed E-state index contributed by atoms with van der Waals surface area (Å²) in [5.74, 6) is -0.240. The van der Waals surface area contributed by atoms with Crippen molar-refractivity contribution < 1.29 is 28.3 Å². The standard InChI is InChI=1S/C19H23N3O7/c1-26-14-5-4-13(10-15(14)27-2)17-20-29-19(25)22(17)11-16(23)21-8-6-12(7-9-21)18(24)28-3/h4-5,10,12H,6-9,11H2,1-3H3. The Bertz CT molecular complexity index is 942. The Kier molecular flexibility index (Phi) is 6.20. The Hall–Kier alpha value is -3.30. The summed E-state index contributed by atoms with van der Waals surface area (Å²) in [6, 6.07) is 5.03. The molecule has 0 unspecified atom stereocenters. The number of carbonyl (C=O) groups is 2. The molecule has 0 aliphatic carbocycles. The molecule has 1 aromatic heterocycles. The van der Waals surface area contributed by atoms with Crippen LogP contribution in [0.2, 0.25) is 0 Å². The van der Waals surface area contributed by atoms with Crippen LogP contribution in [0.1, 0.15) is 12.8 Å². The highest BCUT2D eigenvalue weighted by molar-refractivity contribution is 5.78. The van der Waals surface area contributed by atoms with Crippen LogP contribution in [-0.4, -0.2) is 60.9 Å². The minimum Gasteiger partial charge on any atom is -0.493 e. The van der Waals surface area contributed by atoms with Gasteiger partial charge in [-0.05, 0) is 31.0 Å². The number of hydrogen-bond acceptors (Lipinski definition) is 8. The lowest BCUT2D eigenvalue weighted by molar-refractivity contribution is -0.149. The molecule has 2 aromatic rings. The molecule has 2 heterocycles. The Balaban J connectivity index is 1.76. The molecule has 1 aromatic carbocycles. The number of hydrogen-bond donors (Lipinski definition) is 0. The van der Waals surface area contributed by atoms with E-state index in [0.717, 1.165) is 0 Å². The van der Waals surface area contributed by atoms with Crippen molar-refractivity contribution in [1.29, 1.82) is 0 Å². The van der Waals surface area contributed by atoms with E-state index in [0.29, 0.717) is 43.0 Å². The average molecular weight is 405 g/mol. The predicted molar refractivity (Wildman–Crippen MR) is 101 cm³/mol. The fourth-order valence-corrected chi connectivity index (χ4v) is 3.36. The molecule has 10 nitrogen and oxygen atoms in total. The first-order chi connectivity index (χ1) is 14.0. The van der Waals surface area contributed by atoms with Gasteiger partial charge in [0.25, 0.3) is 0 Å². The highest BCUT2D eigenvalue weighted by Crippen LogP contribution is 2.31. The number of ether oxygens (including phenoxy) is 3. The van der Waals surface area contributed by atoms with E-state index in [2.05, 4.69) is 5.16 Å². The summed E-state index contributed by atoms with van der Waals surface area (Å²) in [5.41, 5.74) is 0.547. The fourth-order valence-electron chi connectivity index (χ4n) is 3.36. The molecule has 0 N–H and O–H groups in total. The second-order valence-corrected chi connectivity index (χ2v) is 6.61. The van der Waals surface area contributed by atoms with E-state index in [9.17, 15) is 14.4 Å². The van der Waals surface area contributed by atoms with Gasteiger partial charge in [0, 0.05) is 18.7 Å². The van der Waals surface area contributed by atoms with Crippen LogP contribution in [0.4, 0.5) is 0 Å². The largest absolute Gasteiger partial charge is 0.493 e. The number of esters is 1. The quantitative estimate of drug-likeness (QED) is 0.653. The third-order valence-corrected chi connectivity index (χ3v) is 5.00. The monoisotopic (exact) mass is 405 g/mol. The molecule has 10 heteroatoms. The molecule has 0 atom stereocenters. The lowest BCUT2D eigenvalue weighted by atomic mass is 9.97. The molecule has 156 valence electrons. The number of rotatable bonds is 6. The maximum atomic E-state index is 12.7. The van der Waals surface area contributed by atoms with Crippen LogP contribution in [0.15, 0.2) is 27.5 Å². The van der Waals surface area contributed by atoms with Crippen LogP contribution < -0.4 is 15.2 Å². The topological polar surface area (TPSA) is 113 Å². The van der Waals surface area contributed by atoms with Crippen LogP contribution in [0.3, 0.4) is 0 Å². The molecule has 0 spiro atoms. The first kappa shape index (κ1) is 20.4. The van der Waals surface area contributed by atoms with Gasteiger partial charge in [-0.1, -0.05) is 5.16 Å². The Labute approximate surface area is 166 Å². The van der Waals surface area contributed by atoms with E-state index in [1.165, 1.54) is 25.9 Å². The maximum absolute atomic E-state index is 12.7. The molecule has 1 aliphatic rings. The minimum atomic E-state index is -0.729. The van der Waals surface area contributed by atoms with Crippen molar-refractivity contribution in [2.45, 2.75) is 19.4 Å². The van der Waals surface area contributed by atoms with Gasteiger partial charge in [0.05, 0.1) is 27.2 Å². The van der Waals surface area contributed by atoms with Gasteiger partial charge < -0.3 is 19.1 Å². The van der Waals surface area contributed by atoms with Gasteiger partial charge in [0.2, 0.25) is 5.91 Å². The van der Waals surface area contributed by atoms with E-state index >= 15 is 0 Å². The van der Waals surface area contributed by atoms with E-state index in [1.54, 1.807) is 23.1 Å². The highest BCUT2D eigenvalue weighted by Gasteiger charge is 2.29. The van der Waals surface area contributed by atoms with Gasteiger partial charge >= 0.3 is 11.7 Å². The van der Waals surface area contributed by atoms with Crippen LogP contribution in [0, 0.1) is 5.92 Å². The lowest BCUT2D eigenvalue weighted by Crippen LogP contribution is -2.42. The summed E-state index contributed by atoms with van der Waals surface area (Å²) >= 11 is 0. The summed E-state index contributed by atoms with van der Waals surface area (Å²) in [4.78, 5) is 38.1. The second-order valence-electron chi connectivity index (χ2n) is 6.61. The van der Waals surface area contributed by atoms with Crippen molar-refractivity contribution in [3.63, 3.8) is 0 Å². The lowest BCUT2D eigenvalue weighted by Gasteiger charge is -2.30. The molecule has 0 bridgehead atoms. The number of carbonyl (C=O) groups excluding carboxylic acids is 2. The second kappa shape index (κ2) is 8.80. The van der Waals surface area contributed by atoms with Crippen LogP contribution >= 0.6 is 0 Å². The van der Waals surface area contributed by atoms with Crippen LogP contribution in [0.5, 0.6) is 11.5 Å². The predicted octanol–water partition coefficient (Wildman–Crippen LogP) is 0.932.